The Morgan fingerprint density at radius 1 is 0.537 bits per heavy atom. The molecule has 232 valence electrons. The van der Waals surface area contributed by atoms with E-state index in [1.807, 2.05) is 0 Å². The molecule has 0 aliphatic carbocycles. The van der Waals surface area contributed by atoms with Gasteiger partial charge >= 0.3 is 11.9 Å². The Morgan fingerprint density at radius 3 is 1.44 bits per heavy atom. The zero-order valence-corrected chi connectivity index (χ0v) is 24.6. The highest BCUT2D eigenvalue weighted by Gasteiger charge is 2.20. The molecule has 0 aromatic heterocycles. The number of amides is 3. The summed E-state index contributed by atoms with van der Waals surface area (Å²) in [5.41, 5.74) is -0.642. The van der Waals surface area contributed by atoms with Crippen LogP contribution in [0.25, 0.3) is 0 Å². The zero-order chi connectivity index (χ0) is 30.7. The summed E-state index contributed by atoms with van der Waals surface area (Å²) in [7, 11) is 4.94. The number of carboxylic acid groups (broad SMARTS) is 2. The van der Waals surface area contributed by atoms with E-state index < -0.39 is 23.7 Å². The first kappa shape index (κ1) is 38.1. The van der Waals surface area contributed by atoms with E-state index in [0.29, 0.717) is 12.8 Å². The van der Waals surface area contributed by atoms with Crippen molar-refractivity contribution < 1.29 is 39.0 Å². The van der Waals surface area contributed by atoms with Crippen molar-refractivity contribution in [3.63, 3.8) is 0 Å². The molecule has 11 nitrogen and oxygen atoms in total. The van der Waals surface area contributed by atoms with Gasteiger partial charge in [0.2, 0.25) is 17.7 Å². The number of carboxylic acids is 2. The molecular weight excluding hydrogens is 529 g/mol. The van der Waals surface area contributed by atoms with E-state index in [-0.39, 0.29) is 62.9 Å². The van der Waals surface area contributed by atoms with Crippen molar-refractivity contribution in [1.29, 1.82) is 0 Å². The maximum absolute atomic E-state index is 12.2. The van der Waals surface area contributed by atoms with Crippen LogP contribution < -0.4 is 16.0 Å². The third-order valence-electron chi connectivity index (χ3n) is 6.70. The summed E-state index contributed by atoms with van der Waals surface area (Å²) in [6, 6.07) is -1.13. The molecule has 0 aliphatic rings. The van der Waals surface area contributed by atoms with Gasteiger partial charge in [0.1, 0.15) is 6.04 Å². The van der Waals surface area contributed by atoms with Gasteiger partial charge in [0, 0.05) is 32.2 Å². The Balaban J connectivity index is 3.72. The lowest BCUT2D eigenvalue weighted by atomic mass is 10.0. The zero-order valence-electron chi connectivity index (χ0n) is 24.6. The number of rotatable bonds is 28. The van der Waals surface area contributed by atoms with E-state index in [9.17, 15) is 33.9 Å². The van der Waals surface area contributed by atoms with Crippen molar-refractivity contribution in [3.8, 4) is 0 Å². The van der Waals surface area contributed by atoms with Crippen LogP contribution in [-0.4, -0.2) is 72.5 Å². The molecule has 0 aliphatic heterocycles. The quantitative estimate of drug-likeness (QED) is 0.0691. The SMILES string of the molecule is [B]C(=O)CNC(=O)CCCNC(=O)CC[C@H](NC(=O)CCCCCCCCCCCCCCCCC(=O)O)C(=O)O. The summed E-state index contributed by atoms with van der Waals surface area (Å²) in [6.07, 6.45) is 16.0. The van der Waals surface area contributed by atoms with Crippen LogP contribution in [0.3, 0.4) is 0 Å². The second kappa shape index (κ2) is 26.0. The number of nitrogens with one attached hydrogen (secondary N) is 3. The summed E-state index contributed by atoms with van der Waals surface area (Å²) >= 11 is 0. The van der Waals surface area contributed by atoms with Gasteiger partial charge in [-0.25, -0.2) is 4.79 Å². The number of hydrogen-bond acceptors (Lipinski definition) is 6. The van der Waals surface area contributed by atoms with Crippen molar-refractivity contribution in [3.05, 3.63) is 0 Å². The normalized spacial score (nSPS) is 11.4. The number of hydrogen-bond donors (Lipinski definition) is 5. The molecule has 0 unspecified atom stereocenters. The predicted molar refractivity (Wildman–Crippen MR) is 156 cm³/mol. The van der Waals surface area contributed by atoms with E-state index in [2.05, 4.69) is 16.0 Å². The largest absolute Gasteiger partial charge is 0.481 e. The van der Waals surface area contributed by atoms with Gasteiger partial charge in [-0.05, 0) is 25.7 Å². The summed E-state index contributed by atoms with van der Waals surface area (Å²) in [4.78, 5) is 68.2. The minimum atomic E-state index is -1.19. The van der Waals surface area contributed by atoms with Crippen molar-refractivity contribution in [2.75, 3.05) is 13.1 Å². The molecule has 0 heterocycles. The first-order valence-corrected chi connectivity index (χ1v) is 15.2. The first-order chi connectivity index (χ1) is 19.6. The Morgan fingerprint density at radius 2 is 0.976 bits per heavy atom. The van der Waals surface area contributed by atoms with Crippen molar-refractivity contribution in [1.82, 2.24) is 16.0 Å². The van der Waals surface area contributed by atoms with Gasteiger partial charge in [-0.2, -0.15) is 0 Å². The molecule has 0 bridgehead atoms. The number of carbonyl (C=O) groups excluding carboxylic acids is 4. The molecule has 12 heteroatoms. The van der Waals surface area contributed by atoms with Gasteiger partial charge in [0.15, 0.2) is 7.85 Å². The molecule has 1 atom stereocenters. The number of aliphatic carboxylic acids is 2. The fourth-order valence-electron chi connectivity index (χ4n) is 4.32. The lowest BCUT2D eigenvalue weighted by Crippen LogP contribution is -2.41. The number of carbonyl (C=O) groups is 6. The molecule has 0 saturated carbocycles. The molecule has 0 spiro atoms. The standard InChI is InChI=1S/C29H50BN3O8/c30-24(34)22-32-25(35)17-15-21-31-26(36)20-19-23(29(40)41)33-27(37)16-13-11-9-7-5-3-1-2-4-6-8-10-12-14-18-28(38)39/h23H,1-22H2,(H,31,36)(H,32,35)(H,33,37)(H,38,39)(H,40,41)/t23-/m0/s1. The Labute approximate surface area is 245 Å². The first-order valence-electron chi connectivity index (χ1n) is 15.2. The fraction of sp³-hybridized carbons (Fsp3) is 0.793. The second-order valence-corrected chi connectivity index (χ2v) is 10.5. The lowest BCUT2D eigenvalue weighted by molar-refractivity contribution is -0.142. The average molecular weight is 580 g/mol. The van der Waals surface area contributed by atoms with E-state index in [0.717, 1.165) is 38.5 Å². The highest BCUT2D eigenvalue weighted by molar-refractivity contribution is 6.58. The maximum Gasteiger partial charge on any atom is 0.326 e. The monoisotopic (exact) mass is 579 g/mol. The third-order valence-corrected chi connectivity index (χ3v) is 6.70. The van der Waals surface area contributed by atoms with Crippen LogP contribution in [0.2, 0.25) is 0 Å². The van der Waals surface area contributed by atoms with Crippen molar-refractivity contribution >= 4 is 43.2 Å². The number of unbranched alkanes of at least 4 members (excludes halogenated alkanes) is 13. The van der Waals surface area contributed by atoms with Gasteiger partial charge < -0.3 is 31.0 Å². The second-order valence-electron chi connectivity index (χ2n) is 10.5. The summed E-state index contributed by atoms with van der Waals surface area (Å²) in [6.45, 7) is -0.0114. The smallest absolute Gasteiger partial charge is 0.326 e. The van der Waals surface area contributed by atoms with E-state index in [1.165, 1.54) is 44.9 Å². The molecule has 41 heavy (non-hydrogen) atoms. The van der Waals surface area contributed by atoms with Crippen LogP contribution in [0.5, 0.6) is 0 Å². The Hall–Kier alpha value is -2.92. The molecule has 0 rings (SSSR count). The topological polar surface area (TPSA) is 179 Å². The van der Waals surface area contributed by atoms with Crippen LogP contribution in [-0.2, 0) is 28.8 Å². The highest BCUT2D eigenvalue weighted by Crippen LogP contribution is 2.14. The van der Waals surface area contributed by atoms with Gasteiger partial charge in [-0.1, -0.05) is 77.0 Å². The molecule has 5 N–H and O–H groups in total. The van der Waals surface area contributed by atoms with Crippen LogP contribution in [0.1, 0.15) is 128 Å². The minimum Gasteiger partial charge on any atom is -0.481 e. The lowest BCUT2D eigenvalue weighted by Gasteiger charge is -2.14. The Kier molecular flexibility index (Phi) is 24.2. The molecule has 3 amide bonds. The molecule has 0 fully saturated rings. The average Bonchev–Trinajstić information content (AvgIpc) is 2.91. The Bertz CT molecular complexity index is 794. The van der Waals surface area contributed by atoms with Crippen LogP contribution in [0.4, 0.5) is 0 Å². The summed E-state index contributed by atoms with van der Waals surface area (Å²) in [5, 5.41) is 25.4. The predicted octanol–water partition coefficient (Wildman–Crippen LogP) is 3.37. The van der Waals surface area contributed by atoms with E-state index in [1.54, 1.807) is 0 Å². The van der Waals surface area contributed by atoms with Crippen molar-refractivity contribution in [2.24, 2.45) is 0 Å². The van der Waals surface area contributed by atoms with E-state index >= 15 is 0 Å². The van der Waals surface area contributed by atoms with E-state index in [4.69, 9.17) is 13.0 Å². The van der Waals surface area contributed by atoms with Gasteiger partial charge in [-0.15, -0.1) is 0 Å². The third kappa shape index (κ3) is 27.0. The van der Waals surface area contributed by atoms with Crippen molar-refractivity contribution in [2.45, 2.75) is 134 Å². The van der Waals surface area contributed by atoms with Crippen LogP contribution in [0, 0.1) is 0 Å². The van der Waals surface area contributed by atoms with Gasteiger partial charge in [-0.3, -0.25) is 19.2 Å². The molecule has 0 aromatic carbocycles. The van der Waals surface area contributed by atoms with Crippen LogP contribution >= 0.6 is 0 Å². The molecule has 0 aromatic rings. The molecular formula is C29H50BN3O8. The fourth-order valence-corrected chi connectivity index (χ4v) is 4.32. The maximum atomic E-state index is 12.2. The molecule has 2 radical (unpaired) electrons. The minimum absolute atomic E-state index is 0.0290. The molecule has 0 saturated heterocycles. The van der Waals surface area contributed by atoms with Gasteiger partial charge in [0.25, 0.3) is 0 Å². The van der Waals surface area contributed by atoms with Gasteiger partial charge in [0.05, 0.1) is 12.2 Å². The van der Waals surface area contributed by atoms with Crippen LogP contribution in [0.15, 0.2) is 0 Å². The summed E-state index contributed by atoms with van der Waals surface area (Å²) < 4.78 is 0. The summed E-state index contributed by atoms with van der Waals surface area (Å²) in [5.74, 6) is -2.95. The highest BCUT2D eigenvalue weighted by atomic mass is 16.4.